The van der Waals surface area contributed by atoms with Crippen molar-refractivity contribution in [1.82, 2.24) is 0 Å². The summed E-state index contributed by atoms with van der Waals surface area (Å²) in [6.07, 6.45) is 5.45. The molecular formula is C49H54HfSi. The quantitative estimate of drug-likeness (QED) is 0.159. The van der Waals surface area contributed by atoms with E-state index >= 15 is 0 Å². The predicted octanol–water partition coefficient (Wildman–Crippen LogP) is 13.1. The average molecular weight is 850 g/mol. The van der Waals surface area contributed by atoms with Crippen molar-refractivity contribution in [1.29, 1.82) is 0 Å². The number of hydrogen-bond donors (Lipinski definition) is 0. The molecule has 0 N–H and O–H groups in total. The Balaban J connectivity index is 1.35. The first kappa shape index (κ1) is 34.7. The van der Waals surface area contributed by atoms with E-state index in [-0.39, 0.29) is 10.8 Å². The van der Waals surface area contributed by atoms with Crippen molar-refractivity contribution in [3.63, 3.8) is 0 Å². The molecule has 51 heavy (non-hydrogen) atoms. The molecule has 2 unspecified atom stereocenters. The molecule has 0 nitrogen and oxygen atoms in total. The van der Waals surface area contributed by atoms with Crippen molar-refractivity contribution < 1.29 is 20.0 Å². The molecule has 2 atom stereocenters. The van der Waals surface area contributed by atoms with E-state index < -0.39 is 28.0 Å². The van der Waals surface area contributed by atoms with Crippen molar-refractivity contribution in [2.24, 2.45) is 0 Å². The van der Waals surface area contributed by atoms with Crippen molar-refractivity contribution >= 4 is 25.4 Å². The average Bonchev–Trinajstić information content (AvgIpc) is 3.69. The molecule has 2 aliphatic carbocycles. The van der Waals surface area contributed by atoms with E-state index in [2.05, 4.69) is 187 Å². The number of allylic oxidation sites excluding steroid dienone is 2. The molecule has 5 aromatic rings. The van der Waals surface area contributed by atoms with Gasteiger partial charge in [-0.3, -0.25) is 0 Å². The fourth-order valence-corrected chi connectivity index (χ4v) is 41.7. The van der Waals surface area contributed by atoms with Gasteiger partial charge in [-0.15, -0.1) is 0 Å². The van der Waals surface area contributed by atoms with Gasteiger partial charge in [0.15, 0.2) is 0 Å². The van der Waals surface area contributed by atoms with E-state index in [1.807, 2.05) is 0 Å². The van der Waals surface area contributed by atoms with Crippen molar-refractivity contribution in [3.05, 3.63) is 158 Å². The molecule has 0 spiro atoms. The van der Waals surface area contributed by atoms with Crippen molar-refractivity contribution in [2.75, 3.05) is 0 Å². The first-order chi connectivity index (χ1) is 24.0. The van der Waals surface area contributed by atoms with Gasteiger partial charge in [0, 0.05) is 0 Å². The third kappa shape index (κ3) is 5.29. The van der Waals surface area contributed by atoms with Crippen LogP contribution in [0.3, 0.4) is 0 Å². The minimum absolute atomic E-state index is 0.136. The molecule has 0 amide bonds. The zero-order valence-electron chi connectivity index (χ0n) is 32.6. The van der Waals surface area contributed by atoms with Gasteiger partial charge in [0.2, 0.25) is 0 Å². The van der Waals surface area contributed by atoms with Gasteiger partial charge in [-0.05, 0) is 0 Å². The van der Waals surface area contributed by atoms with Crippen LogP contribution in [-0.4, -0.2) is 8.07 Å². The number of benzene rings is 5. The third-order valence-corrected chi connectivity index (χ3v) is 34.8. The molecule has 8 rings (SSSR count). The van der Waals surface area contributed by atoms with Gasteiger partial charge in [0.05, 0.1) is 0 Å². The summed E-state index contributed by atoms with van der Waals surface area (Å²) in [5.74, 6) is 0. The Morgan fingerprint density at radius 2 is 0.941 bits per heavy atom. The molecule has 2 heteroatoms. The summed E-state index contributed by atoms with van der Waals surface area (Å²) in [4.78, 5) is 0. The van der Waals surface area contributed by atoms with Crippen LogP contribution in [-0.2, 0) is 30.8 Å². The summed E-state index contributed by atoms with van der Waals surface area (Å²) in [7, 11) is -2.32. The van der Waals surface area contributed by atoms with Crippen LogP contribution in [0.5, 0.6) is 0 Å². The molecule has 3 aliphatic rings. The van der Waals surface area contributed by atoms with Gasteiger partial charge in [0.25, 0.3) is 0 Å². The summed E-state index contributed by atoms with van der Waals surface area (Å²) in [6, 6.07) is 40.6. The normalized spacial score (nSPS) is 21.7. The summed E-state index contributed by atoms with van der Waals surface area (Å²) < 4.78 is 6.73. The second kappa shape index (κ2) is 11.8. The first-order valence-corrected chi connectivity index (χ1v) is 32.8. The maximum atomic E-state index is 2.79. The molecule has 0 bridgehead atoms. The molecular weight excluding hydrogens is 795 g/mol. The molecule has 0 saturated carbocycles. The SMILES string of the molecule is Cc1cc(C(C)(C)C)ccc1-c1cccc2c1C=C1[CH]2[Hf]([CH3])([CH3])[CH]2C(=Cc3c(-c4ccc(C(C)(C)C)cc4C)cccc32)[Si]1(C)c1ccccc1. The fraction of sp³-hybridized carbons (Fsp3) is 0.306. The van der Waals surface area contributed by atoms with E-state index in [0.717, 1.165) is 0 Å². The number of fused-ring (bicyclic) bond motifs is 6. The summed E-state index contributed by atoms with van der Waals surface area (Å²) >= 11 is -3.22. The Hall–Kier alpha value is -3.33. The van der Waals surface area contributed by atoms with Gasteiger partial charge >= 0.3 is 315 Å². The second-order valence-electron chi connectivity index (χ2n) is 18.6. The van der Waals surface area contributed by atoms with Crippen LogP contribution in [0.1, 0.15) is 93.4 Å². The van der Waals surface area contributed by atoms with Gasteiger partial charge in [-0.2, -0.15) is 0 Å². The molecule has 5 aromatic carbocycles. The maximum absolute atomic E-state index is 3.22. The second-order valence-corrected chi connectivity index (χ2v) is 39.8. The van der Waals surface area contributed by atoms with Crippen LogP contribution < -0.4 is 5.19 Å². The zero-order chi connectivity index (χ0) is 36.2. The van der Waals surface area contributed by atoms with Crippen molar-refractivity contribution in [2.45, 2.75) is 89.5 Å². The number of aryl methyl sites for hydroxylation is 2. The van der Waals surface area contributed by atoms with Gasteiger partial charge < -0.3 is 0 Å². The molecule has 1 saturated heterocycles. The molecule has 0 aromatic heterocycles. The van der Waals surface area contributed by atoms with E-state index in [0.29, 0.717) is 7.35 Å². The number of rotatable bonds is 3. The van der Waals surface area contributed by atoms with E-state index in [1.54, 1.807) is 26.7 Å². The fourth-order valence-electron chi connectivity index (χ4n) is 10.0. The molecule has 258 valence electrons. The monoisotopic (exact) mass is 850 g/mol. The summed E-state index contributed by atoms with van der Waals surface area (Å²) in [6.45, 7) is 21.2. The van der Waals surface area contributed by atoms with E-state index in [4.69, 9.17) is 0 Å². The molecule has 1 aliphatic heterocycles. The third-order valence-electron chi connectivity index (χ3n) is 12.9. The molecule has 0 radical (unpaired) electrons. The Morgan fingerprint density at radius 1 is 0.510 bits per heavy atom. The van der Waals surface area contributed by atoms with Crippen molar-refractivity contribution in [3.8, 4) is 22.3 Å². The van der Waals surface area contributed by atoms with Gasteiger partial charge in [-0.1, -0.05) is 0 Å². The zero-order valence-corrected chi connectivity index (χ0v) is 37.2. The van der Waals surface area contributed by atoms with E-state index in [1.165, 1.54) is 55.6 Å². The van der Waals surface area contributed by atoms with E-state index in [9.17, 15) is 0 Å². The molecule has 1 heterocycles. The minimum atomic E-state index is -3.22. The summed E-state index contributed by atoms with van der Waals surface area (Å²) in [5.41, 5.74) is 17.7. The Kier molecular flexibility index (Phi) is 8.06. The Labute approximate surface area is 313 Å². The van der Waals surface area contributed by atoms with Gasteiger partial charge in [-0.25, -0.2) is 0 Å². The van der Waals surface area contributed by atoms with Gasteiger partial charge in [0.1, 0.15) is 0 Å². The van der Waals surface area contributed by atoms with Crippen LogP contribution >= 0.6 is 0 Å². The van der Waals surface area contributed by atoms with Crippen LogP contribution in [0.25, 0.3) is 34.4 Å². The van der Waals surface area contributed by atoms with Crippen LogP contribution in [0.2, 0.25) is 15.9 Å². The van der Waals surface area contributed by atoms with Crippen LogP contribution in [0.15, 0.2) is 114 Å². The predicted molar refractivity (Wildman–Crippen MR) is 221 cm³/mol. The molecule has 1 fully saturated rings. The first-order valence-electron chi connectivity index (χ1n) is 19.0. The van der Waals surface area contributed by atoms with Crippen LogP contribution in [0.4, 0.5) is 0 Å². The summed E-state index contributed by atoms with van der Waals surface area (Å²) in [5, 5.41) is 5.10. The number of hydrogen-bond acceptors (Lipinski definition) is 0. The Bertz CT molecular complexity index is 2150. The Morgan fingerprint density at radius 3 is 1.33 bits per heavy atom. The standard InChI is InChI=1S/C47H48Si.2CH3.Hf/c1-31-25-35(46(3,4)5)21-23-40(31)42-19-13-15-33-27-38(29-44(33)42)48(9,37-17-11-10-12-18-37)39-28-34-16-14-20-43(45(34)30-39)41-24-22-36(26-32(41)2)47(6,7)8;;;/h10-30H,1-9H3;2*1H3;. The topological polar surface area (TPSA) is 0 Å². The van der Waals surface area contributed by atoms with Crippen LogP contribution in [0, 0.1) is 13.8 Å².